The van der Waals surface area contributed by atoms with Crippen molar-refractivity contribution in [3.63, 3.8) is 0 Å². The lowest BCUT2D eigenvalue weighted by molar-refractivity contribution is -0.139. The summed E-state index contributed by atoms with van der Waals surface area (Å²) in [5.41, 5.74) is 1.29. The van der Waals surface area contributed by atoms with Crippen LogP contribution in [0.15, 0.2) is 59.1 Å². The minimum absolute atomic E-state index is 0.350. The van der Waals surface area contributed by atoms with Crippen LogP contribution in [-0.2, 0) is 9.53 Å². The van der Waals surface area contributed by atoms with E-state index in [1.165, 1.54) is 0 Å². The normalized spacial score (nSPS) is 10.1. The van der Waals surface area contributed by atoms with Crippen LogP contribution in [0.25, 0.3) is 0 Å². The molecule has 2 aromatic carbocycles. The summed E-state index contributed by atoms with van der Waals surface area (Å²) in [5.74, 6) is 0.168. The lowest BCUT2D eigenvalue weighted by Crippen LogP contribution is -2.09. The van der Waals surface area contributed by atoms with Gasteiger partial charge < -0.3 is 14.2 Å². The quantitative estimate of drug-likeness (QED) is 0.178. The fourth-order valence-corrected chi connectivity index (χ4v) is 3.03. The molecule has 162 valence electrons. The third kappa shape index (κ3) is 8.27. The molecule has 0 bridgehead atoms. The molecule has 7 heteroatoms. The molecule has 0 unspecified atom stereocenters. The summed E-state index contributed by atoms with van der Waals surface area (Å²) in [6.07, 6.45) is 3.56. The summed E-state index contributed by atoms with van der Waals surface area (Å²) < 4.78 is 16.8. The molecule has 0 aromatic heterocycles. The van der Waals surface area contributed by atoms with Crippen LogP contribution < -0.4 is 9.47 Å². The van der Waals surface area contributed by atoms with E-state index in [0.717, 1.165) is 25.7 Å². The predicted molar refractivity (Wildman–Crippen MR) is 120 cm³/mol. The summed E-state index contributed by atoms with van der Waals surface area (Å²) in [5, 5.41) is 8.81. The van der Waals surface area contributed by atoms with Crippen molar-refractivity contribution in [3.8, 4) is 17.6 Å². The van der Waals surface area contributed by atoms with Gasteiger partial charge in [0.2, 0.25) is 0 Å². The Labute approximate surface area is 190 Å². The molecule has 0 radical (unpaired) electrons. The van der Waals surface area contributed by atoms with Gasteiger partial charge in [-0.25, -0.2) is 9.59 Å². The number of halogens is 1. The predicted octanol–water partition coefficient (Wildman–Crippen LogP) is 5.60. The molecule has 6 nitrogen and oxygen atoms in total. The van der Waals surface area contributed by atoms with E-state index in [4.69, 9.17) is 19.5 Å². The number of esters is 2. The molecule has 0 aliphatic rings. The van der Waals surface area contributed by atoms with Gasteiger partial charge in [-0.1, -0.05) is 6.58 Å². The van der Waals surface area contributed by atoms with Gasteiger partial charge in [0.05, 0.1) is 34.9 Å². The van der Waals surface area contributed by atoms with E-state index in [9.17, 15) is 9.59 Å². The minimum atomic E-state index is -0.496. The van der Waals surface area contributed by atoms with Crippen molar-refractivity contribution >= 4 is 27.9 Å². The number of carbonyl (C=O) groups excluding carboxylic acids is 2. The average molecular weight is 486 g/mol. The molecule has 0 amide bonds. The molecule has 0 fully saturated rings. The highest BCUT2D eigenvalue weighted by Crippen LogP contribution is 2.27. The van der Waals surface area contributed by atoms with Gasteiger partial charge in [-0.2, -0.15) is 5.26 Å². The number of nitriles is 1. The number of benzene rings is 2. The molecule has 0 heterocycles. The number of ether oxygens (including phenoxy) is 3. The SMILES string of the molecule is C=C(C)C(=O)OCCCCCCOc1ccc(C(=O)Oc2ccc(C#N)cc2)cc1Br. The molecule has 2 aromatic rings. The van der Waals surface area contributed by atoms with Crippen LogP contribution in [0.2, 0.25) is 0 Å². The molecule has 31 heavy (non-hydrogen) atoms. The summed E-state index contributed by atoms with van der Waals surface area (Å²) in [6, 6.07) is 13.4. The summed E-state index contributed by atoms with van der Waals surface area (Å²) in [6.45, 7) is 6.11. The maximum Gasteiger partial charge on any atom is 0.343 e. The van der Waals surface area contributed by atoms with Crippen molar-refractivity contribution in [2.45, 2.75) is 32.6 Å². The number of nitrogens with zero attached hydrogens (tertiary/aromatic N) is 1. The lowest BCUT2D eigenvalue weighted by Gasteiger charge is -2.10. The molecule has 0 saturated carbocycles. The van der Waals surface area contributed by atoms with Gasteiger partial charge in [-0.15, -0.1) is 0 Å². The van der Waals surface area contributed by atoms with Crippen LogP contribution in [-0.4, -0.2) is 25.2 Å². The monoisotopic (exact) mass is 485 g/mol. The number of unbranched alkanes of at least 4 members (excludes halogenated alkanes) is 3. The Morgan fingerprint density at radius 1 is 1.03 bits per heavy atom. The zero-order chi connectivity index (χ0) is 22.6. The Balaban J connectivity index is 1.71. The first kappa shape index (κ1) is 24.2. The largest absolute Gasteiger partial charge is 0.492 e. The highest BCUT2D eigenvalue weighted by Gasteiger charge is 2.12. The molecule has 0 atom stereocenters. The third-order valence-corrected chi connectivity index (χ3v) is 4.86. The van der Waals surface area contributed by atoms with Crippen molar-refractivity contribution in [1.29, 1.82) is 5.26 Å². The summed E-state index contributed by atoms with van der Waals surface area (Å²) >= 11 is 3.42. The molecule has 0 aliphatic carbocycles. The number of hydrogen-bond donors (Lipinski definition) is 0. The highest BCUT2D eigenvalue weighted by molar-refractivity contribution is 9.10. The highest BCUT2D eigenvalue weighted by atomic mass is 79.9. The van der Waals surface area contributed by atoms with Gasteiger partial charge in [0, 0.05) is 5.57 Å². The second kappa shape index (κ2) is 12.6. The van der Waals surface area contributed by atoms with Crippen LogP contribution >= 0.6 is 15.9 Å². The van der Waals surface area contributed by atoms with Gasteiger partial charge >= 0.3 is 11.9 Å². The molecule has 0 N–H and O–H groups in total. The standard InChI is InChI=1S/C24H24BrNO5/c1-17(2)23(27)30-14-6-4-3-5-13-29-22-12-9-19(15-21(22)25)24(28)31-20-10-7-18(16-26)8-11-20/h7-12,15H,1,3-6,13-14H2,2H3. The van der Waals surface area contributed by atoms with E-state index in [2.05, 4.69) is 22.5 Å². The zero-order valence-corrected chi connectivity index (χ0v) is 18.9. The molecule has 0 spiro atoms. The second-order valence-electron chi connectivity index (χ2n) is 6.85. The summed E-state index contributed by atoms with van der Waals surface area (Å²) in [7, 11) is 0. The van der Waals surface area contributed by atoms with Crippen LogP contribution in [0.3, 0.4) is 0 Å². The fourth-order valence-electron chi connectivity index (χ4n) is 2.54. The van der Waals surface area contributed by atoms with E-state index >= 15 is 0 Å². The Hall–Kier alpha value is -3.11. The van der Waals surface area contributed by atoms with Crippen LogP contribution in [0.1, 0.15) is 48.5 Å². The van der Waals surface area contributed by atoms with E-state index in [1.807, 2.05) is 6.07 Å². The Morgan fingerprint density at radius 2 is 1.71 bits per heavy atom. The van der Waals surface area contributed by atoms with Crippen LogP contribution in [0, 0.1) is 11.3 Å². The van der Waals surface area contributed by atoms with Gasteiger partial charge in [0.25, 0.3) is 0 Å². The number of carbonyl (C=O) groups is 2. The van der Waals surface area contributed by atoms with Crippen molar-refractivity contribution in [2.75, 3.05) is 13.2 Å². The molecular formula is C24H24BrNO5. The number of rotatable bonds is 11. The third-order valence-electron chi connectivity index (χ3n) is 4.24. The molecule has 0 aliphatic heterocycles. The van der Waals surface area contributed by atoms with Crippen LogP contribution in [0.4, 0.5) is 0 Å². The van der Waals surface area contributed by atoms with Crippen LogP contribution in [0.5, 0.6) is 11.5 Å². The molecular weight excluding hydrogens is 462 g/mol. The molecule has 2 rings (SSSR count). The Kier molecular flexibility index (Phi) is 9.79. The minimum Gasteiger partial charge on any atom is -0.492 e. The van der Waals surface area contributed by atoms with Crippen molar-refractivity contribution in [3.05, 3.63) is 70.2 Å². The first-order chi connectivity index (χ1) is 14.9. The molecule has 0 saturated heterocycles. The Bertz CT molecular complexity index is 963. The fraction of sp³-hybridized carbons (Fsp3) is 0.292. The smallest absolute Gasteiger partial charge is 0.343 e. The second-order valence-corrected chi connectivity index (χ2v) is 7.70. The maximum atomic E-state index is 12.3. The lowest BCUT2D eigenvalue weighted by atomic mass is 10.2. The maximum absolute atomic E-state index is 12.3. The van der Waals surface area contributed by atoms with Crippen molar-refractivity contribution in [2.24, 2.45) is 0 Å². The first-order valence-electron chi connectivity index (χ1n) is 9.88. The van der Waals surface area contributed by atoms with Gasteiger partial charge in [-0.05, 0) is 91.0 Å². The van der Waals surface area contributed by atoms with Gasteiger partial charge in [-0.3, -0.25) is 0 Å². The van der Waals surface area contributed by atoms with E-state index in [0.29, 0.717) is 45.9 Å². The van der Waals surface area contributed by atoms with Crippen molar-refractivity contribution < 1.29 is 23.8 Å². The zero-order valence-electron chi connectivity index (χ0n) is 17.4. The topological polar surface area (TPSA) is 85.6 Å². The van der Waals surface area contributed by atoms with E-state index in [1.54, 1.807) is 49.4 Å². The van der Waals surface area contributed by atoms with Gasteiger partial charge in [0.15, 0.2) is 0 Å². The Morgan fingerprint density at radius 3 is 2.32 bits per heavy atom. The number of hydrogen-bond acceptors (Lipinski definition) is 6. The van der Waals surface area contributed by atoms with E-state index < -0.39 is 5.97 Å². The van der Waals surface area contributed by atoms with Gasteiger partial charge in [0.1, 0.15) is 11.5 Å². The average Bonchev–Trinajstić information content (AvgIpc) is 2.76. The summed E-state index contributed by atoms with van der Waals surface area (Å²) in [4.78, 5) is 23.6. The van der Waals surface area contributed by atoms with E-state index in [-0.39, 0.29) is 5.97 Å². The van der Waals surface area contributed by atoms with Crippen molar-refractivity contribution in [1.82, 2.24) is 0 Å². The first-order valence-corrected chi connectivity index (χ1v) is 10.7.